The van der Waals surface area contributed by atoms with Crippen LogP contribution in [0.3, 0.4) is 0 Å². The highest BCUT2D eigenvalue weighted by molar-refractivity contribution is 7.52. The lowest BCUT2D eigenvalue weighted by molar-refractivity contribution is -0.145. The molecule has 13 heteroatoms. The van der Waals surface area contributed by atoms with Gasteiger partial charge in [-0.25, -0.2) is 14.5 Å². The van der Waals surface area contributed by atoms with E-state index < -0.39 is 32.1 Å². The number of para-hydroxylation sites is 2. The summed E-state index contributed by atoms with van der Waals surface area (Å²) in [5.41, 5.74) is 6.07. The first-order valence-corrected chi connectivity index (χ1v) is 16.0. The molecule has 232 valence electrons. The Balaban J connectivity index is 1.74. The number of ether oxygens (including phenoxy) is 2. The zero-order valence-electron chi connectivity index (χ0n) is 25.0. The summed E-state index contributed by atoms with van der Waals surface area (Å²) in [4.78, 5) is 21.8. The number of aromatic nitrogens is 3. The quantitative estimate of drug-likeness (QED) is 0.0856. The van der Waals surface area contributed by atoms with Crippen LogP contribution in [0.1, 0.15) is 52.8 Å². The van der Waals surface area contributed by atoms with E-state index in [0.717, 1.165) is 6.42 Å². The minimum absolute atomic E-state index is 0.0678. The molecule has 3 atom stereocenters. The highest BCUT2D eigenvalue weighted by Crippen LogP contribution is 2.47. The summed E-state index contributed by atoms with van der Waals surface area (Å²) < 4.78 is 38.5. The fourth-order valence-electron chi connectivity index (χ4n) is 4.54. The molecule has 2 aromatic carbocycles. The molecule has 2 heterocycles. The van der Waals surface area contributed by atoms with E-state index in [4.69, 9.17) is 29.2 Å². The van der Waals surface area contributed by atoms with Crippen LogP contribution in [0.25, 0.3) is 21.9 Å². The molecule has 4 N–H and O–H groups in total. The number of nitrogens with one attached hydrogen (secondary N) is 1. The summed E-state index contributed by atoms with van der Waals surface area (Å²) in [6.07, 6.45) is 1.68. The van der Waals surface area contributed by atoms with Crippen LogP contribution in [-0.2, 0) is 35.7 Å². The number of anilines is 1. The summed E-state index contributed by atoms with van der Waals surface area (Å²) in [6, 6.07) is 14.8. The van der Waals surface area contributed by atoms with Crippen LogP contribution in [-0.4, -0.2) is 51.5 Å². The average molecular weight is 614 g/mol. The molecule has 0 aliphatic carbocycles. The number of aliphatic hydroxyl groups is 1. The van der Waals surface area contributed by atoms with Crippen LogP contribution >= 0.6 is 7.75 Å². The first kappa shape index (κ1) is 32.4. The highest BCUT2D eigenvalue weighted by Gasteiger charge is 2.39. The maximum absolute atomic E-state index is 14.2. The van der Waals surface area contributed by atoms with Crippen molar-refractivity contribution in [3.63, 3.8) is 0 Å². The second kappa shape index (κ2) is 14.3. The fraction of sp³-hybridized carbons (Fsp3) is 0.433. The Morgan fingerprint density at radius 1 is 1.12 bits per heavy atom. The van der Waals surface area contributed by atoms with Gasteiger partial charge >= 0.3 is 13.7 Å². The SMILES string of the molecule is CCCCOC(=O)[C@H](C)NP(=O)(OCC(O)(CC)n1c(COCC)nc2c(N)nc3ccccc3c21)Oc1ccccc1. The molecule has 4 aromatic rings. The zero-order valence-corrected chi connectivity index (χ0v) is 25.9. The molecule has 0 aliphatic heterocycles. The molecule has 0 aliphatic rings. The van der Waals surface area contributed by atoms with Crippen molar-refractivity contribution >= 4 is 41.5 Å². The topological polar surface area (TPSA) is 160 Å². The van der Waals surface area contributed by atoms with Gasteiger partial charge in [-0.3, -0.25) is 13.9 Å². The summed E-state index contributed by atoms with van der Waals surface area (Å²) in [7, 11) is -4.27. The Bertz CT molecular complexity index is 1580. The van der Waals surface area contributed by atoms with E-state index in [1.165, 1.54) is 6.92 Å². The molecule has 0 amide bonds. The predicted molar refractivity (Wildman–Crippen MR) is 164 cm³/mol. The minimum atomic E-state index is -4.27. The highest BCUT2D eigenvalue weighted by atomic mass is 31.2. The van der Waals surface area contributed by atoms with Crippen molar-refractivity contribution in [2.24, 2.45) is 0 Å². The molecule has 0 radical (unpaired) electrons. The van der Waals surface area contributed by atoms with E-state index in [0.29, 0.717) is 40.8 Å². The number of carbonyl (C=O) groups is 1. The molecule has 2 unspecified atom stereocenters. The van der Waals surface area contributed by atoms with Crippen molar-refractivity contribution < 1.29 is 33.0 Å². The van der Waals surface area contributed by atoms with Gasteiger partial charge in [0.2, 0.25) is 0 Å². The van der Waals surface area contributed by atoms with Crippen LogP contribution in [0.15, 0.2) is 54.6 Å². The monoisotopic (exact) mass is 613 g/mol. The lowest BCUT2D eigenvalue weighted by atomic mass is 10.1. The number of nitrogens with zero attached hydrogens (tertiary/aromatic N) is 3. The Kier molecular flexibility index (Phi) is 10.8. The lowest BCUT2D eigenvalue weighted by Crippen LogP contribution is -2.41. The number of unbranched alkanes of at least 4 members (excludes halogenated alkanes) is 1. The fourth-order valence-corrected chi connectivity index (χ4v) is 6.08. The first-order valence-electron chi connectivity index (χ1n) is 14.4. The van der Waals surface area contributed by atoms with Crippen molar-refractivity contribution in [3.8, 4) is 5.75 Å². The van der Waals surface area contributed by atoms with E-state index >= 15 is 0 Å². The van der Waals surface area contributed by atoms with E-state index in [2.05, 4.69) is 10.1 Å². The largest absolute Gasteiger partial charge is 0.465 e. The van der Waals surface area contributed by atoms with E-state index in [1.807, 2.05) is 38.1 Å². The number of rotatable bonds is 16. The Morgan fingerprint density at radius 3 is 2.53 bits per heavy atom. The number of hydrogen-bond donors (Lipinski definition) is 3. The van der Waals surface area contributed by atoms with Crippen LogP contribution in [0.2, 0.25) is 0 Å². The third-order valence-corrected chi connectivity index (χ3v) is 8.51. The maximum atomic E-state index is 14.2. The van der Waals surface area contributed by atoms with Crippen molar-refractivity contribution in [1.29, 1.82) is 0 Å². The molecule has 0 spiro atoms. The molecule has 0 fully saturated rings. The Hall–Kier alpha value is -3.54. The number of hydrogen-bond acceptors (Lipinski definition) is 10. The van der Waals surface area contributed by atoms with Gasteiger partial charge in [-0.2, -0.15) is 5.09 Å². The summed E-state index contributed by atoms with van der Waals surface area (Å²) in [5.74, 6) is 0.225. The van der Waals surface area contributed by atoms with Gasteiger partial charge in [0.1, 0.15) is 36.3 Å². The average Bonchev–Trinajstić information content (AvgIpc) is 3.40. The molecule has 0 saturated heterocycles. The van der Waals surface area contributed by atoms with Crippen molar-refractivity contribution in [1.82, 2.24) is 19.6 Å². The summed E-state index contributed by atoms with van der Waals surface area (Å²) in [5, 5.41) is 15.6. The summed E-state index contributed by atoms with van der Waals surface area (Å²) in [6.45, 7) is 7.32. The van der Waals surface area contributed by atoms with E-state index in [-0.39, 0.29) is 31.2 Å². The van der Waals surface area contributed by atoms with Gasteiger partial charge in [-0.1, -0.05) is 56.7 Å². The molecule has 2 aromatic heterocycles. The number of fused-ring (bicyclic) bond motifs is 3. The van der Waals surface area contributed by atoms with E-state index in [1.54, 1.807) is 41.8 Å². The van der Waals surface area contributed by atoms with Gasteiger partial charge in [-0.05, 0) is 44.9 Å². The standard InChI is InChI=1S/C30H40N5O7P/c1-5-8-18-40-29(36)21(4)34-43(38,42-22-14-10-9-11-15-22)41-20-30(37,6-2)35-25(19-39-7-3)33-26-27(35)23-16-12-13-17-24(23)32-28(26)31/h9-17,21,37H,5-8,18-20H2,1-4H3,(H2,31,32)(H,34,38)/t21-,30?,43?/m0/s1. The third kappa shape index (κ3) is 7.52. The Labute approximate surface area is 251 Å². The van der Waals surface area contributed by atoms with Gasteiger partial charge in [0.05, 0.1) is 17.6 Å². The zero-order chi connectivity index (χ0) is 31.0. The second-order valence-corrected chi connectivity index (χ2v) is 11.8. The van der Waals surface area contributed by atoms with Gasteiger partial charge in [-0.15, -0.1) is 0 Å². The number of carbonyl (C=O) groups excluding carboxylic acids is 1. The van der Waals surface area contributed by atoms with Crippen LogP contribution in [0, 0.1) is 0 Å². The van der Waals surface area contributed by atoms with Gasteiger partial charge in [0, 0.05) is 12.0 Å². The molecule has 43 heavy (non-hydrogen) atoms. The number of pyridine rings is 1. The molecular formula is C30H40N5O7P. The Morgan fingerprint density at radius 2 is 1.84 bits per heavy atom. The minimum Gasteiger partial charge on any atom is -0.465 e. The lowest BCUT2D eigenvalue weighted by Gasteiger charge is -2.32. The van der Waals surface area contributed by atoms with Crippen molar-refractivity contribution in [2.75, 3.05) is 25.6 Å². The normalized spacial score (nSPS) is 15.2. The smallest absolute Gasteiger partial charge is 0.459 e. The van der Waals surface area contributed by atoms with Gasteiger partial charge in [0.25, 0.3) is 0 Å². The van der Waals surface area contributed by atoms with Gasteiger partial charge < -0.3 is 24.8 Å². The molecule has 0 saturated carbocycles. The number of esters is 1. The molecular weight excluding hydrogens is 573 g/mol. The van der Waals surface area contributed by atoms with Crippen LogP contribution < -0.4 is 15.3 Å². The molecule has 0 bridgehead atoms. The number of benzene rings is 2. The van der Waals surface area contributed by atoms with E-state index in [9.17, 15) is 14.5 Å². The third-order valence-electron chi connectivity index (χ3n) is 6.89. The maximum Gasteiger partial charge on any atom is 0.459 e. The van der Waals surface area contributed by atoms with Crippen molar-refractivity contribution in [2.45, 2.75) is 65.3 Å². The first-order chi connectivity index (χ1) is 20.6. The molecule has 4 rings (SSSR count). The van der Waals surface area contributed by atoms with Crippen LogP contribution in [0.4, 0.5) is 5.82 Å². The molecule has 12 nitrogen and oxygen atoms in total. The van der Waals surface area contributed by atoms with Crippen LogP contribution in [0.5, 0.6) is 5.75 Å². The van der Waals surface area contributed by atoms with Crippen molar-refractivity contribution in [3.05, 3.63) is 60.4 Å². The number of imidazole rings is 1. The summed E-state index contributed by atoms with van der Waals surface area (Å²) >= 11 is 0. The second-order valence-electron chi connectivity index (χ2n) is 10.1. The predicted octanol–water partition coefficient (Wildman–Crippen LogP) is 5.28. The number of nitrogen functional groups attached to an aromatic ring is 1. The van der Waals surface area contributed by atoms with Gasteiger partial charge in [0.15, 0.2) is 11.5 Å². The number of nitrogens with two attached hydrogens (primary N) is 1.